The largest absolute Gasteiger partial charge is 0.384 e. The van der Waals surface area contributed by atoms with E-state index >= 15 is 0 Å². The molecule has 0 aliphatic heterocycles. The molecule has 1 atom stereocenters. The van der Waals surface area contributed by atoms with Crippen molar-refractivity contribution in [3.05, 3.63) is 69.9 Å². The highest BCUT2D eigenvalue weighted by Gasteiger charge is 2.25. The topological polar surface area (TPSA) is 29.1 Å². The highest BCUT2D eigenvalue weighted by atomic mass is 16.1. The van der Waals surface area contributed by atoms with E-state index in [0.29, 0.717) is 12.2 Å². The molecule has 0 radical (unpaired) electrons. The van der Waals surface area contributed by atoms with Gasteiger partial charge in [-0.05, 0) is 98.5 Å². The number of aryl methyl sites for hydroxylation is 2. The summed E-state index contributed by atoms with van der Waals surface area (Å²) in [4.78, 5) is 12.5. The summed E-state index contributed by atoms with van der Waals surface area (Å²) in [5.74, 6) is 1.12. The predicted molar refractivity (Wildman–Crippen MR) is 137 cm³/mol. The molecule has 0 spiro atoms. The van der Waals surface area contributed by atoms with Crippen LogP contribution in [0.2, 0.25) is 0 Å². The molecule has 0 aromatic heterocycles. The first-order valence-corrected chi connectivity index (χ1v) is 12.5. The van der Waals surface area contributed by atoms with Gasteiger partial charge >= 0.3 is 0 Å². The molecule has 1 aliphatic rings. The number of benzene rings is 2. The molecule has 1 unspecified atom stereocenters. The van der Waals surface area contributed by atoms with E-state index in [1.54, 1.807) is 0 Å². The van der Waals surface area contributed by atoms with Crippen LogP contribution in [0, 0.1) is 12.8 Å². The molecule has 0 fully saturated rings. The van der Waals surface area contributed by atoms with Crippen molar-refractivity contribution in [1.82, 2.24) is 5.32 Å². The van der Waals surface area contributed by atoms with Gasteiger partial charge in [-0.15, -0.1) is 0 Å². The van der Waals surface area contributed by atoms with Crippen molar-refractivity contribution in [1.29, 1.82) is 0 Å². The number of nitrogens with one attached hydrogen (secondary N) is 1. The molecule has 2 heteroatoms. The third kappa shape index (κ3) is 5.52. The summed E-state index contributed by atoms with van der Waals surface area (Å²) in [5, 5.41) is 3.51. The van der Waals surface area contributed by atoms with Crippen LogP contribution in [0.5, 0.6) is 0 Å². The Labute approximate surface area is 195 Å². The maximum Gasteiger partial charge on any atom is 0.163 e. The standard InChI is InChI=1S/C30H41NO/c1-7-23(8-2)10-9-11-24-14-15-26-27(16-17-29(26)32)30(24)28-18-25(13-12-21(28)5)22(6)31-19-20(3)4/h12-15,18-19,22-23,31H,7-11,16-17H2,1-6H3. The van der Waals surface area contributed by atoms with Crippen LogP contribution in [0.15, 0.2) is 42.1 Å². The molecule has 172 valence electrons. The van der Waals surface area contributed by atoms with E-state index in [4.69, 9.17) is 0 Å². The van der Waals surface area contributed by atoms with Crippen LogP contribution < -0.4 is 5.32 Å². The number of allylic oxidation sites excluding steroid dienone is 1. The number of carbonyl (C=O) groups excluding carboxylic acids is 1. The number of rotatable bonds is 10. The smallest absolute Gasteiger partial charge is 0.163 e. The quantitative estimate of drug-likeness (QED) is 0.411. The van der Waals surface area contributed by atoms with Crippen molar-refractivity contribution in [2.45, 2.75) is 92.5 Å². The second-order valence-electron chi connectivity index (χ2n) is 9.81. The van der Waals surface area contributed by atoms with Gasteiger partial charge in [0.15, 0.2) is 5.78 Å². The summed E-state index contributed by atoms with van der Waals surface area (Å²) in [6, 6.07) is 11.4. The summed E-state index contributed by atoms with van der Waals surface area (Å²) in [7, 11) is 0. The minimum atomic E-state index is 0.237. The van der Waals surface area contributed by atoms with Crippen LogP contribution in [-0.2, 0) is 12.8 Å². The molecule has 0 saturated heterocycles. The fraction of sp³-hybridized carbons (Fsp3) is 0.500. The molecule has 2 aromatic rings. The van der Waals surface area contributed by atoms with Crippen LogP contribution in [0.4, 0.5) is 0 Å². The van der Waals surface area contributed by atoms with Crippen LogP contribution in [0.3, 0.4) is 0 Å². The molecular weight excluding hydrogens is 390 g/mol. The molecule has 0 heterocycles. The van der Waals surface area contributed by atoms with E-state index < -0.39 is 0 Å². The highest BCUT2D eigenvalue weighted by Crippen LogP contribution is 2.38. The van der Waals surface area contributed by atoms with E-state index in [9.17, 15) is 4.79 Å². The SMILES string of the molecule is CCC(CC)CCCc1ccc2c(c1-c1cc(C(C)NC=C(C)C)ccc1C)CCC2=O. The summed E-state index contributed by atoms with van der Waals surface area (Å²) in [6.07, 6.45) is 9.72. The molecule has 32 heavy (non-hydrogen) atoms. The zero-order valence-corrected chi connectivity index (χ0v) is 21.0. The van der Waals surface area contributed by atoms with Gasteiger partial charge in [-0.1, -0.05) is 62.9 Å². The molecule has 2 aromatic carbocycles. The molecule has 0 amide bonds. The minimum Gasteiger partial charge on any atom is -0.384 e. The second-order valence-corrected chi connectivity index (χ2v) is 9.81. The van der Waals surface area contributed by atoms with Gasteiger partial charge in [-0.2, -0.15) is 0 Å². The van der Waals surface area contributed by atoms with E-state index in [-0.39, 0.29) is 6.04 Å². The second kappa shape index (κ2) is 11.0. The Morgan fingerprint density at radius 3 is 2.50 bits per heavy atom. The lowest BCUT2D eigenvalue weighted by Crippen LogP contribution is -2.12. The first-order valence-electron chi connectivity index (χ1n) is 12.5. The van der Waals surface area contributed by atoms with Gasteiger partial charge in [0.25, 0.3) is 0 Å². The van der Waals surface area contributed by atoms with Crippen molar-refractivity contribution < 1.29 is 4.79 Å². The number of hydrogen-bond acceptors (Lipinski definition) is 2. The molecule has 0 saturated carbocycles. The van der Waals surface area contributed by atoms with Crippen molar-refractivity contribution >= 4 is 5.78 Å². The average Bonchev–Trinajstić information content (AvgIpc) is 3.16. The van der Waals surface area contributed by atoms with Crippen LogP contribution in [0.1, 0.15) is 105 Å². The number of hydrogen-bond donors (Lipinski definition) is 1. The zero-order valence-electron chi connectivity index (χ0n) is 21.0. The molecule has 0 bridgehead atoms. The average molecular weight is 432 g/mol. The van der Waals surface area contributed by atoms with Gasteiger partial charge in [0, 0.05) is 18.0 Å². The fourth-order valence-electron chi connectivity index (χ4n) is 4.98. The Morgan fingerprint density at radius 1 is 1.06 bits per heavy atom. The molecule has 1 N–H and O–H groups in total. The van der Waals surface area contributed by atoms with Gasteiger partial charge in [-0.25, -0.2) is 0 Å². The lowest BCUT2D eigenvalue weighted by Gasteiger charge is -2.20. The lowest BCUT2D eigenvalue weighted by molar-refractivity contribution is 0.0994. The third-order valence-corrected chi connectivity index (χ3v) is 7.17. The van der Waals surface area contributed by atoms with E-state index in [0.717, 1.165) is 24.3 Å². The normalized spacial score (nSPS) is 13.9. The number of carbonyl (C=O) groups is 1. The first-order chi connectivity index (χ1) is 15.3. The molecular formula is C30H41NO. The maximum absolute atomic E-state index is 12.5. The molecule has 1 aliphatic carbocycles. The first kappa shape index (κ1) is 24.3. The van der Waals surface area contributed by atoms with Crippen molar-refractivity contribution in [3.63, 3.8) is 0 Å². The van der Waals surface area contributed by atoms with Crippen molar-refractivity contribution in [3.8, 4) is 11.1 Å². The zero-order chi connectivity index (χ0) is 23.3. The van der Waals surface area contributed by atoms with E-state index in [2.05, 4.69) is 83.4 Å². The predicted octanol–water partition coefficient (Wildman–Crippen LogP) is 8.12. The number of Topliss-reactive ketones (excluding diaryl/α,β-unsaturated/α-hetero) is 1. The van der Waals surface area contributed by atoms with Crippen LogP contribution in [0.25, 0.3) is 11.1 Å². The Bertz CT molecular complexity index is 977. The molecule has 3 rings (SSSR count). The van der Waals surface area contributed by atoms with Gasteiger partial charge < -0.3 is 5.32 Å². The summed E-state index contributed by atoms with van der Waals surface area (Å²) in [5.41, 5.74) is 10.1. The maximum atomic E-state index is 12.5. The number of ketones is 1. The summed E-state index contributed by atoms with van der Waals surface area (Å²) < 4.78 is 0. The third-order valence-electron chi connectivity index (χ3n) is 7.17. The van der Waals surface area contributed by atoms with Crippen LogP contribution in [-0.4, -0.2) is 5.78 Å². The minimum absolute atomic E-state index is 0.237. The Hall–Kier alpha value is -2.35. The van der Waals surface area contributed by atoms with Gasteiger partial charge in [0.2, 0.25) is 0 Å². The van der Waals surface area contributed by atoms with E-state index in [1.807, 2.05) is 0 Å². The van der Waals surface area contributed by atoms with Crippen LogP contribution >= 0.6 is 0 Å². The monoisotopic (exact) mass is 431 g/mol. The Morgan fingerprint density at radius 2 is 1.81 bits per heavy atom. The highest BCUT2D eigenvalue weighted by molar-refractivity contribution is 6.03. The van der Waals surface area contributed by atoms with Crippen molar-refractivity contribution in [2.24, 2.45) is 5.92 Å². The molecule has 2 nitrogen and oxygen atoms in total. The lowest BCUT2D eigenvalue weighted by atomic mass is 9.85. The number of fused-ring (bicyclic) bond motifs is 1. The van der Waals surface area contributed by atoms with Gasteiger partial charge in [0.1, 0.15) is 0 Å². The fourth-order valence-corrected chi connectivity index (χ4v) is 4.98. The Balaban J connectivity index is 2.01. The van der Waals surface area contributed by atoms with Gasteiger partial charge in [-0.3, -0.25) is 4.79 Å². The van der Waals surface area contributed by atoms with E-state index in [1.165, 1.54) is 64.6 Å². The summed E-state index contributed by atoms with van der Waals surface area (Å²) in [6.45, 7) is 13.2. The Kier molecular flexibility index (Phi) is 8.34. The van der Waals surface area contributed by atoms with Crippen molar-refractivity contribution in [2.75, 3.05) is 0 Å². The summed E-state index contributed by atoms with van der Waals surface area (Å²) >= 11 is 0. The van der Waals surface area contributed by atoms with Gasteiger partial charge in [0.05, 0.1) is 0 Å².